The summed E-state index contributed by atoms with van der Waals surface area (Å²) in [5.74, 6) is -1.60. The van der Waals surface area contributed by atoms with Crippen LogP contribution in [0.2, 0.25) is 0 Å². The van der Waals surface area contributed by atoms with Gasteiger partial charge in [-0.05, 0) is 66.9 Å². The van der Waals surface area contributed by atoms with Gasteiger partial charge < -0.3 is 19.7 Å². The van der Waals surface area contributed by atoms with Gasteiger partial charge in [-0.2, -0.15) is 0 Å². The Morgan fingerprint density at radius 3 is 1.98 bits per heavy atom. The molecule has 3 aromatic rings. The van der Waals surface area contributed by atoms with E-state index in [0.29, 0.717) is 17.9 Å². The minimum absolute atomic E-state index is 0.0261. The highest BCUT2D eigenvalue weighted by Gasteiger charge is 2.33. The average Bonchev–Trinajstić information content (AvgIpc) is 2.97. The van der Waals surface area contributed by atoms with E-state index in [9.17, 15) is 26.8 Å². The van der Waals surface area contributed by atoms with Crippen molar-refractivity contribution in [3.8, 4) is 11.5 Å². The average molecular weight is 604 g/mol. The second kappa shape index (κ2) is 14.1. The second-order valence-corrected chi connectivity index (χ2v) is 11.8. The van der Waals surface area contributed by atoms with Crippen LogP contribution in [0.3, 0.4) is 0 Å². The summed E-state index contributed by atoms with van der Waals surface area (Å²) in [4.78, 5) is 27.9. The van der Waals surface area contributed by atoms with E-state index in [2.05, 4.69) is 5.32 Å². The molecule has 226 valence electrons. The molecule has 0 radical (unpaired) electrons. The predicted molar refractivity (Wildman–Crippen MR) is 155 cm³/mol. The molecule has 0 spiro atoms. The van der Waals surface area contributed by atoms with Gasteiger partial charge in [0.1, 0.15) is 24.2 Å². The number of anilines is 1. The lowest BCUT2D eigenvalue weighted by atomic mass is 10.1. The normalized spacial score (nSPS) is 12.0. The summed E-state index contributed by atoms with van der Waals surface area (Å²) in [5.41, 5.74) is 0.558. The Kier molecular flexibility index (Phi) is 10.9. The van der Waals surface area contributed by atoms with E-state index in [1.165, 1.54) is 80.6 Å². The molecule has 2 amide bonds. The van der Waals surface area contributed by atoms with Gasteiger partial charge >= 0.3 is 0 Å². The van der Waals surface area contributed by atoms with Gasteiger partial charge in [0.25, 0.3) is 10.0 Å². The highest BCUT2D eigenvalue weighted by Crippen LogP contribution is 2.32. The molecule has 9 nitrogen and oxygen atoms in total. The molecule has 3 aromatic carbocycles. The summed E-state index contributed by atoms with van der Waals surface area (Å²) in [6.07, 6.45) is 0. The Morgan fingerprint density at radius 2 is 1.43 bits per heavy atom. The van der Waals surface area contributed by atoms with E-state index < -0.39 is 46.1 Å². The molecule has 42 heavy (non-hydrogen) atoms. The maximum absolute atomic E-state index is 14.0. The van der Waals surface area contributed by atoms with E-state index in [4.69, 9.17) is 9.47 Å². The molecule has 0 aromatic heterocycles. The molecule has 1 N–H and O–H groups in total. The van der Waals surface area contributed by atoms with Crippen LogP contribution in [-0.2, 0) is 26.2 Å². The molecular weight excluding hydrogens is 568 g/mol. The SMILES string of the molecule is COc1ccc(S(=O)(=O)N(CC(=O)N(Cc2ccc(F)cc2)C(C)C(=O)NCC(C)C)c2ccc(F)cc2)cc1OC. The van der Waals surface area contributed by atoms with E-state index in [1.54, 1.807) is 0 Å². The van der Waals surface area contributed by atoms with Crippen LogP contribution in [0, 0.1) is 17.6 Å². The highest BCUT2D eigenvalue weighted by molar-refractivity contribution is 7.92. The lowest BCUT2D eigenvalue weighted by molar-refractivity contribution is -0.139. The van der Waals surface area contributed by atoms with Crippen molar-refractivity contribution in [2.24, 2.45) is 5.92 Å². The molecule has 12 heteroatoms. The van der Waals surface area contributed by atoms with Gasteiger partial charge in [-0.15, -0.1) is 0 Å². The van der Waals surface area contributed by atoms with Crippen LogP contribution in [0.5, 0.6) is 11.5 Å². The van der Waals surface area contributed by atoms with E-state index in [0.717, 1.165) is 16.4 Å². The lowest BCUT2D eigenvalue weighted by Crippen LogP contribution is -2.51. The smallest absolute Gasteiger partial charge is 0.264 e. The molecular formula is C30H35F2N3O6S. The first-order valence-corrected chi connectivity index (χ1v) is 14.6. The number of carbonyl (C=O) groups is 2. The zero-order chi connectivity index (χ0) is 31.0. The van der Waals surface area contributed by atoms with Crippen LogP contribution >= 0.6 is 0 Å². The van der Waals surface area contributed by atoms with Gasteiger partial charge in [-0.25, -0.2) is 17.2 Å². The summed E-state index contributed by atoms with van der Waals surface area (Å²) in [6, 6.07) is 13.0. The third-order valence-electron chi connectivity index (χ3n) is 6.45. The van der Waals surface area contributed by atoms with Crippen molar-refractivity contribution in [1.82, 2.24) is 10.2 Å². The van der Waals surface area contributed by atoms with Gasteiger partial charge in [0.15, 0.2) is 11.5 Å². The van der Waals surface area contributed by atoms with Crippen LogP contribution in [-0.4, -0.2) is 58.5 Å². The Bertz CT molecular complexity index is 1480. The van der Waals surface area contributed by atoms with Crippen molar-refractivity contribution in [2.45, 2.75) is 38.3 Å². The molecule has 0 aliphatic heterocycles. The maximum Gasteiger partial charge on any atom is 0.264 e. The third-order valence-corrected chi connectivity index (χ3v) is 8.22. The quantitative estimate of drug-likeness (QED) is 0.311. The Labute approximate surface area is 245 Å². The molecule has 0 fully saturated rings. The molecule has 0 aliphatic rings. The number of carbonyl (C=O) groups excluding carboxylic acids is 2. The number of sulfonamides is 1. The molecule has 0 heterocycles. The van der Waals surface area contributed by atoms with Crippen LogP contribution in [0.25, 0.3) is 0 Å². The number of nitrogens with zero attached hydrogens (tertiary/aromatic N) is 2. The number of nitrogens with one attached hydrogen (secondary N) is 1. The van der Waals surface area contributed by atoms with Crippen LogP contribution < -0.4 is 19.1 Å². The first-order valence-electron chi connectivity index (χ1n) is 13.2. The lowest BCUT2D eigenvalue weighted by Gasteiger charge is -2.32. The molecule has 0 saturated carbocycles. The second-order valence-electron chi connectivity index (χ2n) is 9.97. The van der Waals surface area contributed by atoms with Gasteiger partial charge in [0.05, 0.1) is 24.8 Å². The number of amides is 2. The summed E-state index contributed by atoms with van der Waals surface area (Å²) < 4.78 is 66.6. The minimum atomic E-state index is -4.42. The first kappa shape index (κ1) is 32.3. The van der Waals surface area contributed by atoms with Crippen LogP contribution in [0.15, 0.2) is 71.6 Å². The van der Waals surface area contributed by atoms with Crippen molar-refractivity contribution in [3.05, 3.63) is 83.9 Å². The molecule has 0 bridgehead atoms. The van der Waals surface area contributed by atoms with Crippen molar-refractivity contribution in [2.75, 3.05) is 31.6 Å². The summed E-state index contributed by atoms with van der Waals surface area (Å²) >= 11 is 0. The number of hydrogen-bond donors (Lipinski definition) is 1. The number of benzene rings is 3. The number of rotatable bonds is 13. The van der Waals surface area contributed by atoms with E-state index >= 15 is 0 Å². The number of hydrogen-bond acceptors (Lipinski definition) is 6. The molecule has 1 atom stereocenters. The Hall–Kier alpha value is -4.19. The molecule has 1 unspecified atom stereocenters. The van der Waals surface area contributed by atoms with Crippen molar-refractivity contribution < 1.29 is 36.3 Å². The van der Waals surface area contributed by atoms with Crippen molar-refractivity contribution >= 4 is 27.5 Å². The molecule has 3 rings (SSSR count). The van der Waals surface area contributed by atoms with Gasteiger partial charge in [0, 0.05) is 19.2 Å². The number of ether oxygens (including phenoxy) is 2. The highest BCUT2D eigenvalue weighted by atomic mass is 32.2. The van der Waals surface area contributed by atoms with Crippen molar-refractivity contribution in [3.63, 3.8) is 0 Å². The Balaban J connectivity index is 2.04. The Morgan fingerprint density at radius 1 is 0.857 bits per heavy atom. The van der Waals surface area contributed by atoms with E-state index in [-0.39, 0.29) is 28.8 Å². The summed E-state index contributed by atoms with van der Waals surface area (Å²) in [5, 5.41) is 2.79. The monoisotopic (exact) mass is 603 g/mol. The molecule has 0 aliphatic carbocycles. The first-order chi connectivity index (χ1) is 19.9. The van der Waals surface area contributed by atoms with Gasteiger partial charge in [-0.1, -0.05) is 26.0 Å². The van der Waals surface area contributed by atoms with E-state index in [1.807, 2.05) is 13.8 Å². The zero-order valence-electron chi connectivity index (χ0n) is 24.1. The van der Waals surface area contributed by atoms with Gasteiger partial charge in [0.2, 0.25) is 11.8 Å². The topological polar surface area (TPSA) is 105 Å². The fraction of sp³-hybridized carbons (Fsp3) is 0.333. The summed E-state index contributed by atoms with van der Waals surface area (Å²) in [6.45, 7) is 4.94. The largest absolute Gasteiger partial charge is 0.493 e. The van der Waals surface area contributed by atoms with Crippen molar-refractivity contribution in [1.29, 1.82) is 0 Å². The fourth-order valence-electron chi connectivity index (χ4n) is 4.06. The standard InChI is InChI=1S/C30H35F2N3O6S/c1-20(2)17-33-30(37)21(3)34(18-22-6-8-23(31)9-7-22)29(36)19-35(25-12-10-24(32)11-13-25)42(38,39)26-14-15-27(40-4)28(16-26)41-5/h6-16,20-21H,17-19H2,1-5H3,(H,33,37). The number of halogens is 2. The van der Waals surface area contributed by atoms with Gasteiger partial charge in [-0.3, -0.25) is 13.9 Å². The predicted octanol–water partition coefficient (Wildman–Crippen LogP) is 4.37. The van der Waals surface area contributed by atoms with Crippen LogP contribution in [0.4, 0.5) is 14.5 Å². The zero-order valence-corrected chi connectivity index (χ0v) is 25.0. The third kappa shape index (κ3) is 7.96. The minimum Gasteiger partial charge on any atom is -0.493 e. The number of methoxy groups -OCH3 is 2. The van der Waals surface area contributed by atoms with Crippen LogP contribution in [0.1, 0.15) is 26.3 Å². The summed E-state index contributed by atoms with van der Waals surface area (Å²) in [7, 11) is -1.66. The molecule has 0 saturated heterocycles. The fourth-order valence-corrected chi connectivity index (χ4v) is 5.49. The maximum atomic E-state index is 14.0.